The van der Waals surface area contributed by atoms with Crippen LogP contribution in [0, 0.1) is 0 Å². The van der Waals surface area contributed by atoms with E-state index in [9.17, 15) is 19.2 Å². The number of allylic oxidation sites excluding steroid dienone is 1. The second kappa shape index (κ2) is 11.3. The molecule has 0 fully saturated rings. The minimum Gasteiger partial charge on any atom is -0.481 e. The average molecular weight is 313 g/mol. The topological polar surface area (TPSA) is 125 Å². The molecule has 0 rings (SSSR count). The van der Waals surface area contributed by atoms with Gasteiger partial charge in [0.1, 0.15) is 6.04 Å². The molecule has 0 heterocycles. The van der Waals surface area contributed by atoms with E-state index in [4.69, 9.17) is 5.11 Å². The third kappa shape index (κ3) is 10.4. The maximum atomic E-state index is 11.7. The SMILES string of the molecule is C/C=C/CCNC(=O)C(C)NC(=O)CNC(=O)CCC(=O)O. The number of carbonyl (C=O) groups excluding carboxylic acids is 3. The highest BCUT2D eigenvalue weighted by molar-refractivity contribution is 5.90. The molecule has 22 heavy (non-hydrogen) atoms. The number of carboxylic acid groups (broad SMARTS) is 1. The molecular formula is C14H23N3O5. The standard InChI is InChI=1S/C14H23N3O5/c1-3-4-5-8-15-14(22)10(2)17-12(19)9-16-11(18)6-7-13(20)21/h3-4,10H,5-9H2,1-2H3,(H,15,22)(H,16,18)(H,17,19)(H,20,21)/b4-3+. The van der Waals surface area contributed by atoms with Gasteiger partial charge in [-0.3, -0.25) is 19.2 Å². The Kier molecular flexibility index (Phi) is 10.1. The van der Waals surface area contributed by atoms with E-state index >= 15 is 0 Å². The van der Waals surface area contributed by atoms with Crippen LogP contribution in [-0.2, 0) is 19.2 Å². The zero-order valence-corrected chi connectivity index (χ0v) is 12.8. The molecule has 0 bridgehead atoms. The van der Waals surface area contributed by atoms with Gasteiger partial charge in [-0.25, -0.2) is 0 Å². The van der Waals surface area contributed by atoms with Gasteiger partial charge in [0.05, 0.1) is 13.0 Å². The fraction of sp³-hybridized carbons (Fsp3) is 0.571. The highest BCUT2D eigenvalue weighted by Gasteiger charge is 2.15. The van der Waals surface area contributed by atoms with Crippen molar-refractivity contribution in [3.8, 4) is 0 Å². The van der Waals surface area contributed by atoms with Crippen LogP contribution in [0.2, 0.25) is 0 Å². The molecule has 1 unspecified atom stereocenters. The Morgan fingerprint density at radius 3 is 2.36 bits per heavy atom. The van der Waals surface area contributed by atoms with E-state index in [1.165, 1.54) is 6.92 Å². The van der Waals surface area contributed by atoms with E-state index in [0.717, 1.165) is 0 Å². The van der Waals surface area contributed by atoms with Gasteiger partial charge < -0.3 is 21.1 Å². The predicted octanol–water partition coefficient (Wildman–Crippen LogP) is -0.445. The van der Waals surface area contributed by atoms with Crippen molar-refractivity contribution in [2.75, 3.05) is 13.1 Å². The summed E-state index contributed by atoms with van der Waals surface area (Å²) in [6.07, 6.45) is 4.02. The van der Waals surface area contributed by atoms with Crippen LogP contribution < -0.4 is 16.0 Å². The van der Waals surface area contributed by atoms with Gasteiger partial charge in [-0.15, -0.1) is 0 Å². The highest BCUT2D eigenvalue weighted by atomic mass is 16.4. The zero-order valence-electron chi connectivity index (χ0n) is 12.8. The molecule has 0 aromatic carbocycles. The second-order valence-corrected chi connectivity index (χ2v) is 4.61. The molecule has 0 aromatic rings. The molecule has 0 radical (unpaired) electrons. The van der Waals surface area contributed by atoms with Crippen molar-refractivity contribution < 1.29 is 24.3 Å². The number of hydrogen-bond donors (Lipinski definition) is 4. The van der Waals surface area contributed by atoms with Gasteiger partial charge in [-0.05, 0) is 20.3 Å². The third-order valence-electron chi connectivity index (χ3n) is 2.63. The summed E-state index contributed by atoms with van der Waals surface area (Å²) in [5.41, 5.74) is 0. The van der Waals surface area contributed by atoms with Crippen LogP contribution in [-0.4, -0.2) is 47.9 Å². The fourth-order valence-corrected chi connectivity index (χ4v) is 1.44. The van der Waals surface area contributed by atoms with E-state index in [1.54, 1.807) is 0 Å². The number of amides is 3. The molecule has 0 saturated carbocycles. The Labute approximate surface area is 129 Å². The molecule has 0 aliphatic rings. The summed E-state index contributed by atoms with van der Waals surface area (Å²) < 4.78 is 0. The van der Waals surface area contributed by atoms with Gasteiger partial charge >= 0.3 is 5.97 Å². The minimum absolute atomic E-state index is 0.191. The maximum Gasteiger partial charge on any atom is 0.303 e. The summed E-state index contributed by atoms with van der Waals surface area (Å²) in [5, 5.41) is 15.8. The first-order valence-electron chi connectivity index (χ1n) is 7.03. The number of carbonyl (C=O) groups is 4. The van der Waals surface area contributed by atoms with E-state index in [-0.39, 0.29) is 25.3 Å². The first-order chi connectivity index (χ1) is 10.4. The summed E-state index contributed by atoms with van der Waals surface area (Å²) >= 11 is 0. The summed E-state index contributed by atoms with van der Waals surface area (Å²) in [6, 6.07) is -0.714. The van der Waals surface area contributed by atoms with Crippen molar-refractivity contribution in [3.05, 3.63) is 12.2 Å². The monoisotopic (exact) mass is 313 g/mol. The Balaban J connectivity index is 3.91. The van der Waals surface area contributed by atoms with Gasteiger partial charge in [-0.2, -0.15) is 0 Å². The van der Waals surface area contributed by atoms with Crippen molar-refractivity contribution in [2.24, 2.45) is 0 Å². The number of rotatable bonds is 10. The summed E-state index contributed by atoms with van der Waals surface area (Å²) in [6.45, 7) is 3.61. The summed E-state index contributed by atoms with van der Waals surface area (Å²) in [5.74, 6) is -2.43. The highest BCUT2D eigenvalue weighted by Crippen LogP contribution is 1.88. The molecule has 0 aromatic heterocycles. The Hall–Kier alpha value is -2.38. The lowest BCUT2D eigenvalue weighted by atomic mass is 10.3. The molecule has 1 atom stereocenters. The molecule has 124 valence electrons. The van der Waals surface area contributed by atoms with Gasteiger partial charge in [0.2, 0.25) is 17.7 Å². The number of aliphatic carboxylic acids is 1. The minimum atomic E-state index is -1.08. The molecule has 0 aliphatic carbocycles. The van der Waals surface area contributed by atoms with E-state index < -0.39 is 23.8 Å². The molecule has 0 spiro atoms. The zero-order chi connectivity index (χ0) is 17.0. The normalized spacial score (nSPS) is 11.7. The van der Waals surface area contributed by atoms with Crippen LogP contribution in [0.5, 0.6) is 0 Å². The predicted molar refractivity (Wildman–Crippen MR) is 79.9 cm³/mol. The first-order valence-corrected chi connectivity index (χ1v) is 7.03. The second-order valence-electron chi connectivity index (χ2n) is 4.61. The molecule has 0 saturated heterocycles. The van der Waals surface area contributed by atoms with Crippen LogP contribution in [0.25, 0.3) is 0 Å². The van der Waals surface area contributed by atoms with Crippen LogP contribution >= 0.6 is 0 Å². The van der Waals surface area contributed by atoms with Crippen molar-refractivity contribution in [1.29, 1.82) is 0 Å². The third-order valence-corrected chi connectivity index (χ3v) is 2.63. The van der Waals surface area contributed by atoms with Gasteiger partial charge in [0.15, 0.2) is 0 Å². The molecule has 4 N–H and O–H groups in total. The van der Waals surface area contributed by atoms with E-state index in [2.05, 4.69) is 16.0 Å². The van der Waals surface area contributed by atoms with Crippen molar-refractivity contribution in [3.63, 3.8) is 0 Å². The number of hydrogen-bond acceptors (Lipinski definition) is 4. The Morgan fingerprint density at radius 1 is 1.09 bits per heavy atom. The van der Waals surface area contributed by atoms with E-state index in [0.29, 0.717) is 13.0 Å². The summed E-state index contributed by atoms with van der Waals surface area (Å²) in [4.78, 5) is 44.7. The van der Waals surface area contributed by atoms with Gasteiger partial charge in [-0.1, -0.05) is 12.2 Å². The molecule has 8 heteroatoms. The molecule has 3 amide bonds. The van der Waals surface area contributed by atoms with Crippen molar-refractivity contribution in [2.45, 2.75) is 39.2 Å². The largest absolute Gasteiger partial charge is 0.481 e. The van der Waals surface area contributed by atoms with Crippen LogP contribution in [0.3, 0.4) is 0 Å². The summed E-state index contributed by atoms with van der Waals surface area (Å²) in [7, 11) is 0. The van der Waals surface area contributed by atoms with E-state index in [1.807, 2.05) is 19.1 Å². The van der Waals surface area contributed by atoms with Crippen LogP contribution in [0.4, 0.5) is 0 Å². The lowest BCUT2D eigenvalue weighted by Crippen LogP contribution is -2.48. The van der Waals surface area contributed by atoms with Crippen LogP contribution in [0.15, 0.2) is 12.2 Å². The smallest absolute Gasteiger partial charge is 0.303 e. The Bertz CT molecular complexity index is 434. The number of carboxylic acids is 1. The average Bonchev–Trinajstić information content (AvgIpc) is 2.47. The van der Waals surface area contributed by atoms with Crippen LogP contribution in [0.1, 0.15) is 33.1 Å². The van der Waals surface area contributed by atoms with Crippen molar-refractivity contribution in [1.82, 2.24) is 16.0 Å². The maximum absolute atomic E-state index is 11.7. The lowest BCUT2D eigenvalue weighted by Gasteiger charge is -2.14. The molecule has 0 aliphatic heterocycles. The Morgan fingerprint density at radius 2 is 1.77 bits per heavy atom. The quantitative estimate of drug-likeness (QED) is 0.321. The van der Waals surface area contributed by atoms with Crippen molar-refractivity contribution >= 4 is 23.7 Å². The lowest BCUT2D eigenvalue weighted by molar-refractivity contribution is -0.138. The molecule has 8 nitrogen and oxygen atoms in total. The number of nitrogens with one attached hydrogen (secondary N) is 3. The fourth-order valence-electron chi connectivity index (χ4n) is 1.44. The van der Waals surface area contributed by atoms with Gasteiger partial charge in [0.25, 0.3) is 0 Å². The molecular weight excluding hydrogens is 290 g/mol. The van der Waals surface area contributed by atoms with Gasteiger partial charge in [0, 0.05) is 13.0 Å². The first kappa shape index (κ1) is 19.6.